The highest BCUT2D eigenvalue weighted by Gasteiger charge is 2.14. The van der Waals surface area contributed by atoms with Crippen LogP contribution in [0, 0.1) is 13.8 Å². The van der Waals surface area contributed by atoms with Crippen molar-refractivity contribution >= 4 is 33.3 Å². The molecule has 0 aliphatic heterocycles. The van der Waals surface area contributed by atoms with Gasteiger partial charge in [-0.3, -0.25) is 15.1 Å². The number of methoxy groups -OCH3 is 1. The number of aromatic nitrogens is 2. The molecule has 0 spiro atoms. The topological polar surface area (TPSA) is 64.1 Å². The molecule has 1 N–H and O–H groups in total. The number of hydrogen-bond donors (Lipinski definition) is 1. The molecule has 0 aliphatic carbocycles. The highest BCUT2D eigenvalue weighted by Crippen LogP contribution is 2.31. The second-order valence-electron chi connectivity index (χ2n) is 6.47. The SMILES string of the molecule is COc1ccc(-c2nc(NC(=O)c3ccc4ccc(C)nc4c3)sc2C)cc1. The lowest BCUT2D eigenvalue weighted by Gasteiger charge is -2.04. The van der Waals surface area contributed by atoms with Crippen molar-refractivity contribution in [3.8, 4) is 17.0 Å². The zero-order valence-corrected chi connectivity index (χ0v) is 16.6. The van der Waals surface area contributed by atoms with Crippen molar-refractivity contribution in [3.63, 3.8) is 0 Å². The summed E-state index contributed by atoms with van der Waals surface area (Å²) in [6, 6.07) is 17.2. The first-order chi connectivity index (χ1) is 13.5. The number of benzene rings is 2. The second kappa shape index (κ2) is 7.40. The molecule has 28 heavy (non-hydrogen) atoms. The summed E-state index contributed by atoms with van der Waals surface area (Å²) in [5.41, 5.74) is 4.13. The minimum absolute atomic E-state index is 0.194. The van der Waals surface area contributed by atoms with E-state index in [4.69, 9.17) is 4.74 Å². The van der Waals surface area contributed by atoms with Crippen molar-refractivity contribution < 1.29 is 9.53 Å². The molecule has 0 radical (unpaired) electrons. The molecule has 5 nitrogen and oxygen atoms in total. The average Bonchev–Trinajstić information content (AvgIpc) is 3.07. The number of pyridine rings is 1. The van der Waals surface area contributed by atoms with Gasteiger partial charge in [-0.1, -0.05) is 12.1 Å². The number of anilines is 1. The van der Waals surface area contributed by atoms with E-state index in [1.807, 2.05) is 62.4 Å². The first-order valence-corrected chi connectivity index (χ1v) is 9.66. The van der Waals surface area contributed by atoms with E-state index in [1.165, 1.54) is 11.3 Å². The molecule has 4 rings (SSSR count). The number of ether oxygens (including phenoxy) is 1. The lowest BCUT2D eigenvalue weighted by molar-refractivity contribution is 0.102. The number of aryl methyl sites for hydroxylation is 2. The number of hydrogen-bond acceptors (Lipinski definition) is 5. The number of carbonyl (C=O) groups excluding carboxylic acids is 1. The van der Waals surface area contributed by atoms with Gasteiger partial charge in [-0.25, -0.2) is 4.98 Å². The highest BCUT2D eigenvalue weighted by atomic mass is 32.1. The molecule has 140 valence electrons. The van der Waals surface area contributed by atoms with E-state index < -0.39 is 0 Å². The standard InChI is InChI=1S/C22H19N3O2S/c1-13-4-5-15-6-7-17(12-19(15)23-13)21(26)25-22-24-20(14(2)28-22)16-8-10-18(27-3)11-9-16/h4-12H,1-3H3,(H,24,25,26). The predicted octanol–water partition coefficient (Wildman–Crippen LogP) is 5.24. The normalized spacial score (nSPS) is 10.8. The Labute approximate surface area is 167 Å². The monoisotopic (exact) mass is 389 g/mol. The molecule has 0 bridgehead atoms. The van der Waals surface area contributed by atoms with E-state index in [0.29, 0.717) is 10.7 Å². The predicted molar refractivity (Wildman–Crippen MR) is 113 cm³/mol. The van der Waals surface area contributed by atoms with Gasteiger partial charge in [0.15, 0.2) is 5.13 Å². The number of nitrogens with zero attached hydrogens (tertiary/aromatic N) is 2. The lowest BCUT2D eigenvalue weighted by Crippen LogP contribution is -2.11. The molecule has 2 aromatic carbocycles. The van der Waals surface area contributed by atoms with Crippen LogP contribution >= 0.6 is 11.3 Å². The van der Waals surface area contributed by atoms with Gasteiger partial charge in [-0.15, -0.1) is 11.3 Å². The van der Waals surface area contributed by atoms with Crippen LogP contribution < -0.4 is 10.1 Å². The summed E-state index contributed by atoms with van der Waals surface area (Å²) in [6.45, 7) is 3.93. The Morgan fingerprint density at radius 2 is 1.75 bits per heavy atom. The van der Waals surface area contributed by atoms with Gasteiger partial charge in [0.2, 0.25) is 0 Å². The minimum atomic E-state index is -0.194. The van der Waals surface area contributed by atoms with Crippen molar-refractivity contribution in [2.45, 2.75) is 13.8 Å². The highest BCUT2D eigenvalue weighted by molar-refractivity contribution is 7.16. The third-order valence-electron chi connectivity index (χ3n) is 4.47. The average molecular weight is 389 g/mol. The smallest absolute Gasteiger partial charge is 0.257 e. The number of carbonyl (C=O) groups is 1. The molecule has 0 aliphatic rings. The Bertz CT molecular complexity index is 1170. The molecule has 0 saturated heterocycles. The summed E-state index contributed by atoms with van der Waals surface area (Å²) in [7, 11) is 1.64. The molecule has 0 atom stereocenters. The molecule has 2 heterocycles. The van der Waals surface area contributed by atoms with Gasteiger partial charge in [0.05, 0.1) is 18.3 Å². The number of thiazole rings is 1. The largest absolute Gasteiger partial charge is 0.497 e. The zero-order chi connectivity index (χ0) is 19.7. The van der Waals surface area contributed by atoms with E-state index >= 15 is 0 Å². The molecule has 0 fully saturated rings. The van der Waals surface area contributed by atoms with Crippen molar-refractivity contribution in [2.24, 2.45) is 0 Å². The van der Waals surface area contributed by atoms with Crippen LogP contribution in [0.15, 0.2) is 54.6 Å². The molecular formula is C22H19N3O2S. The Hall–Kier alpha value is -3.25. The fourth-order valence-electron chi connectivity index (χ4n) is 3.00. The van der Waals surface area contributed by atoms with Crippen molar-refractivity contribution in [2.75, 3.05) is 12.4 Å². The van der Waals surface area contributed by atoms with Crippen molar-refractivity contribution in [1.82, 2.24) is 9.97 Å². The van der Waals surface area contributed by atoms with Gasteiger partial charge in [0.1, 0.15) is 5.75 Å². The second-order valence-corrected chi connectivity index (χ2v) is 7.67. The van der Waals surface area contributed by atoms with E-state index in [-0.39, 0.29) is 5.91 Å². The molecule has 4 aromatic rings. The number of rotatable bonds is 4. The number of nitrogens with one attached hydrogen (secondary N) is 1. The molecule has 1 amide bonds. The molecule has 0 unspecified atom stereocenters. The van der Waals surface area contributed by atoms with Gasteiger partial charge in [-0.05, 0) is 56.3 Å². The van der Waals surface area contributed by atoms with Gasteiger partial charge < -0.3 is 4.74 Å². The lowest BCUT2D eigenvalue weighted by atomic mass is 10.1. The van der Waals surface area contributed by atoms with Crippen LogP contribution in [0.5, 0.6) is 5.75 Å². The van der Waals surface area contributed by atoms with E-state index in [0.717, 1.165) is 38.5 Å². The van der Waals surface area contributed by atoms with Crippen molar-refractivity contribution in [1.29, 1.82) is 0 Å². The molecule has 6 heteroatoms. The van der Waals surface area contributed by atoms with Crippen LogP contribution in [-0.2, 0) is 0 Å². The maximum atomic E-state index is 12.7. The maximum absolute atomic E-state index is 12.7. The van der Waals surface area contributed by atoms with Crippen LogP contribution in [-0.4, -0.2) is 23.0 Å². The van der Waals surface area contributed by atoms with Crippen LogP contribution in [0.2, 0.25) is 0 Å². The summed E-state index contributed by atoms with van der Waals surface area (Å²) < 4.78 is 5.20. The quantitative estimate of drug-likeness (QED) is 0.519. The first kappa shape index (κ1) is 18.1. The van der Waals surface area contributed by atoms with E-state index in [1.54, 1.807) is 13.2 Å². The Kier molecular flexibility index (Phi) is 4.79. The van der Waals surface area contributed by atoms with Gasteiger partial charge in [0.25, 0.3) is 5.91 Å². The Morgan fingerprint density at radius 3 is 2.50 bits per heavy atom. The zero-order valence-electron chi connectivity index (χ0n) is 15.8. The van der Waals surface area contributed by atoms with Crippen LogP contribution in [0.25, 0.3) is 22.2 Å². The third kappa shape index (κ3) is 3.59. The Morgan fingerprint density at radius 1 is 1.00 bits per heavy atom. The van der Waals surface area contributed by atoms with Gasteiger partial charge in [0, 0.05) is 27.1 Å². The summed E-state index contributed by atoms with van der Waals surface area (Å²) in [6.07, 6.45) is 0. The number of amides is 1. The summed E-state index contributed by atoms with van der Waals surface area (Å²) in [5, 5.41) is 4.49. The minimum Gasteiger partial charge on any atom is -0.497 e. The summed E-state index contributed by atoms with van der Waals surface area (Å²) >= 11 is 1.46. The van der Waals surface area contributed by atoms with Crippen LogP contribution in [0.4, 0.5) is 5.13 Å². The summed E-state index contributed by atoms with van der Waals surface area (Å²) in [5.74, 6) is 0.602. The fraction of sp³-hybridized carbons (Fsp3) is 0.136. The molecule has 2 aromatic heterocycles. The van der Waals surface area contributed by atoms with Gasteiger partial charge >= 0.3 is 0 Å². The summed E-state index contributed by atoms with van der Waals surface area (Å²) in [4.78, 5) is 22.8. The van der Waals surface area contributed by atoms with Crippen LogP contribution in [0.3, 0.4) is 0 Å². The third-order valence-corrected chi connectivity index (χ3v) is 5.36. The van der Waals surface area contributed by atoms with E-state index in [9.17, 15) is 4.79 Å². The van der Waals surface area contributed by atoms with E-state index in [2.05, 4.69) is 15.3 Å². The number of fused-ring (bicyclic) bond motifs is 1. The maximum Gasteiger partial charge on any atom is 0.257 e. The van der Waals surface area contributed by atoms with Gasteiger partial charge in [-0.2, -0.15) is 0 Å². The van der Waals surface area contributed by atoms with Crippen LogP contribution in [0.1, 0.15) is 20.9 Å². The fourth-order valence-corrected chi connectivity index (χ4v) is 3.83. The van der Waals surface area contributed by atoms with Crippen molar-refractivity contribution in [3.05, 3.63) is 70.7 Å². The molecular weight excluding hydrogens is 370 g/mol. The first-order valence-electron chi connectivity index (χ1n) is 8.84. The Balaban J connectivity index is 1.58. The molecule has 0 saturated carbocycles.